The van der Waals surface area contributed by atoms with Crippen molar-refractivity contribution in [1.82, 2.24) is 10.2 Å². The summed E-state index contributed by atoms with van der Waals surface area (Å²) in [4.78, 5) is 22.8. The summed E-state index contributed by atoms with van der Waals surface area (Å²) in [5, 5.41) is 11.0. The molecule has 0 spiro atoms. The summed E-state index contributed by atoms with van der Waals surface area (Å²) < 4.78 is 0. The Morgan fingerprint density at radius 2 is 1.85 bits per heavy atom. The van der Waals surface area contributed by atoms with Crippen molar-refractivity contribution in [3.05, 3.63) is 59.3 Å². The predicted molar refractivity (Wildman–Crippen MR) is 138 cm³/mol. The van der Waals surface area contributed by atoms with Crippen molar-refractivity contribution in [3.8, 4) is 0 Å². The van der Waals surface area contributed by atoms with Crippen LogP contribution < -0.4 is 5.32 Å². The number of amides is 1. The zero-order valence-corrected chi connectivity index (χ0v) is 20.8. The number of carbonyl (C=O) groups is 2. The minimum absolute atomic E-state index is 0.165. The van der Waals surface area contributed by atoms with Crippen molar-refractivity contribution >= 4 is 28.8 Å². The largest absolute Gasteiger partial charge is 0.326 e. The van der Waals surface area contributed by atoms with Crippen molar-refractivity contribution in [2.75, 3.05) is 5.32 Å². The monoisotopic (exact) mass is 449 g/mol. The third-order valence-corrected chi connectivity index (χ3v) is 6.43. The van der Waals surface area contributed by atoms with Gasteiger partial charge in [0.1, 0.15) is 6.29 Å². The maximum absolute atomic E-state index is 12.3. The fourth-order valence-electron chi connectivity index (χ4n) is 4.41. The van der Waals surface area contributed by atoms with Gasteiger partial charge in [0.25, 0.3) is 0 Å². The first-order valence-corrected chi connectivity index (χ1v) is 12.3. The number of nitrogens with zero attached hydrogens (tertiary/aromatic N) is 1. The second-order valence-corrected chi connectivity index (χ2v) is 8.40. The molecule has 33 heavy (non-hydrogen) atoms. The Morgan fingerprint density at radius 1 is 1.12 bits per heavy atom. The Kier molecular flexibility index (Phi) is 10.8. The number of aryl methyl sites for hydroxylation is 1. The van der Waals surface area contributed by atoms with Crippen LogP contribution in [0, 0.1) is 18.8 Å². The van der Waals surface area contributed by atoms with E-state index in [9.17, 15) is 9.59 Å². The molecule has 0 unspecified atom stereocenters. The topological polar surface area (TPSA) is 74.8 Å². The second-order valence-electron chi connectivity index (χ2n) is 8.40. The van der Waals surface area contributed by atoms with Crippen LogP contribution in [-0.2, 0) is 11.2 Å². The molecule has 178 valence electrons. The Balaban J connectivity index is 0.000000252. The van der Waals surface area contributed by atoms with Crippen LogP contribution in [0.15, 0.2) is 42.6 Å². The number of carbonyl (C=O) groups excluding carboxylic acids is 2. The number of aromatic nitrogens is 2. The number of benzene rings is 2. The van der Waals surface area contributed by atoms with E-state index in [2.05, 4.69) is 29.4 Å². The van der Waals surface area contributed by atoms with Gasteiger partial charge < -0.3 is 5.32 Å². The third-order valence-electron chi connectivity index (χ3n) is 6.43. The van der Waals surface area contributed by atoms with E-state index in [4.69, 9.17) is 0 Å². The molecule has 1 heterocycles. The lowest BCUT2D eigenvalue weighted by atomic mass is 9.80. The number of nitrogens with one attached hydrogen (secondary N) is 2. The summed E-state index contributed by atoms with van der Waals surface area (Å²) in [5.74, 6) is 1.16. The molecule has 0 saturated heterocycles. The van der Waals surface area contributed by atoms with Gasteiger partial charge in [-0.25, -0.2) is 0 Å². The Bertz CT molecular complexity index is 1020. The van der Waals surface area contributed by atoms with Gasteiger partial charge in [0, 0.05) is 22.6 Å². The fraction of sp³-hybridized carbons (Fsp3) is 0.464. The molecule has 4 rings (SSSR count). The van der Waals surface area contributed by atoms with E-state index in [1.165, 1.54) is 30.4 Å². The van der Waals surface area contributed by atoms with Gasteiger partial charge in [-0.15, -0.1) is 0 Å². The maximum atomic E-state index is 12.3. The highest BCUT2D eigenvalue weighted by molar-refractivity contribution is 5.94. The molecule has 3 aromatic rings. The van der Waals surface area contributed by atoms with Crippen LogP contribution in [0.2, 0.25) is 0 Å². The van der Waals surface area contributed by atoms with Crippen LogP contribution in [0.5, 0.6) is 0 Å². The van der Waals surface area contributed by atoms with E-state index in [0.29, 0.717) is 0 Å². The molecule has 0 aliphatic heterocycles. The zero-order valence-electron chi connectivity index (χ0n) is 20.8. The minimum atomic E-state index is 0.165. The molecule has 0 bridgehead atoms. The molecule has 1 fully saturated rings. The number of aromatic amines is 1. The molecular formula is C28H39N3O2. The number of rotatable bonds is 5. The summed E-state index contributed by atoms with van der Waals surface area (Å²) in [5.41, 5.74) is 5.01. The number of H-pyrrole nitrogens is 1. The highest BCUT2D eigenvalue weighted by atomic mass is 16.1. The average Bonchev–Trinajstić information content (AvgIpc) is 3.33. The number of hydrogen-bond donors (Lipinski definition) is 2. The lowest BCUT2D eigenvalue weighted by Gasteiger charge is -2.26. The van der Waals surface area contributed by atoms with Gasteiger partial charge in [-0.1, -0.05) is 52.3 Å². The van der Waals surface area contributed by atoms with Crippen LogP contribution >= 0.6 is 0 Å². The lowest BCUT2D eigenvalue weighted by Crippen LogP contribution is -2.27. The summed E-state index contributed by atoms with van der Waals surface area (Å²) in [6.07, 6.45) is 9.31. The van der Waals surface area contributed by atoms with Gasteiger partial charge in [-0.2, -0.15) is 5.10 Å². The van der Waals surface area contributed by atoms with E-state index in [1.54, 1.807) is 6.20 Å². The van der Waals surface area contributed by atoms with Crippen molar-refractivity contribution < 1.29 is 9.59 Å². The van der Waals surface area contributed by atoms with E-state index in [1.807, 2.05) is 57.2 Å². The van der Waals surface area contributed by atoms with E-state index in [-0.39, 0.29) is 11.8 Å². The quantitative estimate of drug-likeness (QED) is 0.407. The molecule has 2 N–H and O–H groups in total. The molecule has 1 aromatic heterocycles. The molecule has 1 saturated carbocycles. The summed E-state index contributed by atoms with van der Waals surface area (Å²) in [7, 11) is 0. The summed E-state index contributed by atoms with van der Waals surface area (Å²) in [6.45, 7) is 10.3. The first-order chi connectivity index (χ1) is 16.0. The maximum Gasteiger partial charge on any atom is 0.227 e. The smallest absolute Gasteiger partial charge is 0.227 e. The number of fused-ring (bicyclic) bond motifs is 1. The third kappa shape index (κ3) is 7.28. The minimum Gasteiger partial charge on any atom is -0.326 e. The molecule has 2 aromatic carbocycles. The van der Waals surface area contributed by atoms with Crippen LogP contribution in [0.4, 0.5) is 5.69 Å². The molecule has 1 amide bonds. The molecule has 1 aliphatic carbocycles. The van der Waals surface area contributed by atoms with Gasteiger partial charge in [0.2, 0.25) is 5.91 Å². The zero-order chi connectivity index (χ0) is 24.2. The second kappa shape index (κ2) is 13.6. The molecule has 5 nitrogen and oxygen atoms in total. The van der Waals surface area contributed by atoms with E-state index >= 15 is 0 Å². The molecule has 1 aliphatic rings. The Hall–Kier alpha value is -2.95. The number of anilines is 1. The van der Waals surface area contributed by atoms with Gasteiger partial charge in [-0.05, 0) is 74.3 Å². The standard InChI is InChI=1S/C16H21N3O.C10H12O.C2H6/c1-2-11-3-5-12(6-4-11)16(20)18-14-8-7-13-10-17-19-15(13)9-14;1-3-10-8(2)5-4-6-9(10)7-11;1-2/h7-12H,2-6H2,1H3,(H,17,19)(H,18,20);4-7H,3H2,1-2H3;1-2H3. The lowest BCUT2D eigenvalue weighted by molar-refractivity contribution is -0.121. The fourth-order valence-corrected chi connectivity index (χ4v) is 4.41. The van der Waals surface area contributed by atoms with Crippen LogP contribution in [0.1, 0.15) is 81.3 Å². The first kappa shape index (κ1) is 26.3. The van der Waals surface area contributed by atoms with Gasteiger partial charge in [0.05, 0.1) is 11.7 Å². The predicted octanol–water partition coefficient (Wildman–Crippen LogP) is 7.11. The molecular weight excluding hydrogens is 410 g/mol. The van der Waals surface area contributed by atoms with Crippen molar-refractivity contribution in [3.63, 3.8) is 0 Å². The van der Waals surface area contributed by atoms with Crippen molar-refractivity contribution in [1.29, 1.82) is 0 Å². The highest BCUT2D eigenvalue weighted by Crippen LogP contribution is 2.31. The van der Waals surface area contributed by atoms with E-state index < -0.39 is 0 Å². The number of hydrogen-bond acceptors (Lipinski definition) is 3. The Morgan fingerprint density at radius 3 is 2.45 bits per heavy atom. The summed E-state index contributed by atoms with van der Waals surface area (Å²) in [6, 6.07) is 11.7. The van der Waals surface area contributed by atoms with Crippen LogP contribution in [0.3, 0.4) is 0 Å². The molecule has 0 atom stereocenters. The van der Waals surface area contributed by atoms with Crippen LogP contribution in [-0.4, -0.2) is 22.4 Å². The van der Waals surface area contributed by atoms with Gasteiger partial charge >= 0.3 is 0 Å². The highest BCUT2D eigenvalue weighted by Gasteiger charge is 2.25. The Labute approximate surface area is 198 Å². The number of aldehydes is 1. The first-order valence-electron chi connectivity index (χ1n) is 12.3. The van der Waals surface area contributed by atoms with E-state index in [0.717, 1.165) is 53.6 Å². The van der Waals surface area contributed by atoms with Crippen molar-refractivity contribution in [2.45, 2.75) is 73.1 Å². The molecule has 5 heteroatoms. The van der Waals surface area contributed by atoms with Crippen LogP contribution in [0.25, 0.3) is 10.9 Å². The summed E-state index contributed by atoms with van der Waals surface area (Å²) >= 11 is 0. The SMILES string of the molecule is CC.CCC1CCC(C(=O)Nc2ccc3cn[nH]c3c2)CC1.CCc1c(C)cccc1C=O. The van der Waals surface area contributed by atoms with Crippen molar-refractivity contribution in [2.24, 2.45) is 11.8 Å². The molecule has 0 radical (unpaired) electrons. The van der Waals surface area contributed by atoms with Gasteiger partial charge in [-0.3, -0.25) is 14.7 Å². The average molecular weight is 450 g/mol. The normalized spacial score (nSPS) is 17.2. The van der Waals surface area contributed by atoms with Gasteiger partial charge in [0.15, 0.2) is 0 Å².